The number of hydrogen-bond acceptors (Lipinski definition) is 3. The monoisotopic (exact) mass is 237 g/mol. The summed E-state index contributed by atoms with van der Waals surface area (Å²) in [6.45, 7) is 7.34. The van der Waals surface area contributed by atoms with Gasteiger partial charge >= 0.3 is 0 Å². The molecule has 0 heterocycles. The van der Waals surface area contributed by atoms with E-state index >= 15 is 0 Å². The van der Waals surface area contributed by atoms with Crippen LogP contribution in [0.1, 0.15) is 33.6 Å². The molecule has 0 radical (unpaired) electrons. The van der Waals surface area contributed by atoms with Crippen LogP contribution in [0.3, 0.4) is 0 Å². The van der Waals surface area contributed by atoms with Gasteiger partial charge in [0.05, 0.1) is 36.3 Å². The largest absolute Gasteiger partial charge is 0.748 e. The van der Waals surface area contributed by atoms with Gasteiger partial charge in [0.2, 0.25) is 0 Å². The van der Waals surface area contributed by atoms with E-state index in [0.717, 1.165) is 17.4 Å². The Morgan fingerprint density at radius 3 is 1.93 bits per heavy atom. The quantitative estimate of drug-likeness (QED) is 0.410. The average molecular weight is 237 g/mol. The van der Waals surface area contributed by atoms with Crippen molar-refractivity contribution in [1.29, 1.82) is 0 Å². The van der Waals surface area contributed by atoms with Gasteiger partial charge in [0, 0.05) is 5.75 Å². The molecule has 0 unspecified atom stereocenters. The van der Waals surface area contributed by atoms with E-state index < -0.39 is 10.1 Å². The molecule has 5 heteroatoms. The lowest BCUT2D eigenvalue weighted by Gasteiger charge is -2.42. The number of nitrogens with zero attached hydrogens (tertiary/aromatic N) is 1. The van der Waals surface area contributed by atoms with E-state index in [4.69, 9.17) is 0 Å². The first-order chi connectivity index (χ1) is 6.46. The molecule has 92 valence electrons. The highest BCUT2D eigenvalue weighted by molar-refractivity contribution is 7.85. The molecule has 0 aromatic carbocycles. The summed E-state index contributed by atoms with van der Waals surface area (Å²) in [6, 6.07) is 0. The first-order valence-electron chi connectivity index (χ1n) is 5.22. The van der Waals surface area contributed by atoms with Crippen LogP contribution in [0.15, 0.2) is 0 Å². The molecule has 0 atom stereocenters. The fraction of sp³-hybridized carbons (Fsp3) is 1.00. The van der Waals surface area contributed by atoms with Gasteiger partial charge in [-0.05, 0) is 33.6 Å². The van der Waals surface area contributed by atoms with E-state index in [1.165, 1.54) is 0 Å². The summed E-state index contributed by atoms with van der Waals surface area (Å²) in [7, 11) is 0.199. The molecule has 0 aromatic heterocycles. The maximum atomic E-state index is 10.4. The Morgan fingerprint density at radius 2 is 1.60 bits per heavy atom. The van der Waals surface area contributed by atoms with E-state index in [1.54, 1.807) is 0 Å². The normalized spacial score (nSPS) is 14.3. The number of rotatable bonds is 5. The first-order valence-corrected chi connectivity index (χ1v) is 6.80. The molecule has 0 aliphatic carbocycles. The molecule has 15 heavy (non-hydrogen) atoms. The molecule has 0 fully saturated rings. The SMILES string of the molecule is CC(C)(C)[N+](C)(C)CCCCS(=O)(=O)[O-]. The van der Waals surface area contributed by atoms with Crippen LogP contribution in [0, 0.1) is 0 Å². The van der Waals surface area contributed by atoms with Gasteiger partial charge in [-0.1, -0.05) is 0 Å². The highest BCUT2D eigenvalue weighted by atomic mass is 32.2. The zero-order valence-electron chi connectivity index (χ0n) is 10.4. The van der Waals surface area contributed by atoms with Crippen LogP contribution in [0.4, 0.5) is 0 Å². The molecule has 4 nitrogen and oxygen atoms in total. The van der Waals surface area contributed by atoms with Crippen molar-refractivity contribution in [2.75, 3.05) is 26.4 Å². The van der Waals surface area contributed by atoms with Gasteiger partial charge in [-0.25, -0.2) is 8.42 Å². The van der Waals surface area contributed by atoms with Crippen molar-refractivity contribution in [3.8, 4) is 0 Å². The molecular formula is C10H23NO3S. The number of quaternary nitrogens is 1. The Hall–Kier alpha value is -0.130. The minimum atomic E-state index is -4.03. The number of unbranched alkanes of at least 4 members (excludes halogenated alkanes) is 1. The second-order valence-corrected chi connectivity index (χ2v) is 7.07. The van der Waals surface area contributed by atoms with Crippen LogP contribution < -0.4 is 0 Å². The number of hydrogen-bond donors (Lipinski definition) is 0. The molecule has 0 rings (SSSR count). The zero-order valence-corrected chi connectivity index (χ0v) is 11.2. The molecule has 0 aromatic rings. The summed E-state index contributed by atoms with van der Waals surface area (Å²) >= 11 is 0. The Balaban J connectivity index is 3.98. The van der Waals surface area contributed by atoms with Crippen LogP contribution in [0.5, 0.6) is 0 Å². The van der Waals surface area contributed by atoms with Crippen LogP contribution in [-0.4, -0.2) is 49.4 Å². The maximum absolute atomic E-state index is 10.4. The smallest absolute Gasteiger partial charge is 0.0945 e. The Labute approximate surface area is 93.6 Å². The molecule has 0 aliphatic rings. The Bertz CT molecular complexity index is 288. The van der Waals surface area contributed by atoms with Crippen molar-refractivity contribution < 1.29 is 17.5 Å². The lowest BCUT2D eigenvalue weighted by atomic mass is 10.0. The molecule has 0 bridgehead atoms. The molecule has 0 saturated heterocycles. The Kier molecular flexibility index (Phi) is 4.76. The minimum absolute atomic E-state index is 0.135. The van der Waals surface area contributed by atoms with Crippen molar-refractivity contribution in [2.24, 2.45) is 0 Å². The molecule has 0 aliphatic heterocycles. The Morgan fingerprint density at radius 1 is 1.13 bits per heavy atom. The highest BCUT2D eigenvalue weighted by Crippen LogP contribution is 2.19. The summed E-state index contributed by atoms with van der Waals surface area (Å²) in [5.41, 5.74) is 0.135. The van der Waals surface area contributed by atoms with E-state index in [9.17, 15) is 13.0 Å². The summed E-state index contributed by atoms with van der Waals surface area (Å²) < 4.78 is 32.0. The molecule has 0 N–H and O–H groups in total. The zero-order chi connectivity index (χ0) is 12.3. The average Bonchev–Trinajstić information content (AvgIpc) is 1.94. The van der Waals surface area contributed by atoms with Gasteiger partial charge in [0.15, 0.2) is 0 Å². The van der Waals surface area contributed by atoms with Gasteiger partial charge in [-0.2, -0.15) is 0 Å². The molecule has 0 spiro atoms. The van der Waals surface area contributed by atoms with Gasteiger partial charge in [0.25, 0.3) is 0 Å². The summed E-state index contributed by atoms with van der Waals surface area (Å²) in [6.07, 6.45) is 1.23. The van der Waals surface area contributed by atoms with Crippen LogP contribution >= 0.6 is 0 Å². The third-order valence-electron chi connectivity index (χ3n) is 3.18. The second kappa shape index (κ2) is 4.80. The topological polar surface area (TPSA) is 57.2 Å². The molecule has 0 amide bonds. The molecule has 0 saturated carbocycles. The van der Waals surface area contributed by atoms with E-state index in [-0.39, 0.29) is 11.3 Å². The van der Waals surface area contributed by atoms with Crippen molar-refractivity contribution in [2.45, 2.75) is 39.2 Å². The van der Waals surface area contributed by atoms with Crippen molar-refractivity contribution >= 4 is 10.1 Å². The first kappa shape index (κ1) is 14.9. The van der Waals surface area contributed by atoms with Crippen molar-refractivity contribution in [1.82, 2.24) is 0 Å². The van der Waals surface area contributed by atoms with Crippen molar-refractivity contribution in [3.63, 3.8) is 0 Å². The van der Waals surface area contributed by atoms with Gasteiger partial charge in [0.1, 0.15) is 0 Å². The third-order valence-corrected chi connectivity index (χ3v) is 3.97. The van der Waals surface area contributed by atoms with Crippen LogP contribution in [0.25, 0.3) is 0 Å². The van der Waals surface area contributed by atoms with Gasteiger partial charge < -0.3 is 9.04 Å². The van der Waals surface area contributed by atoms with E-state index in [1.807, 2.05) is 0 Å². The van der Waals surface area contributed by atoms with Crippen molar-refractivity contribution in [3.05, 3.63) is 0 Å². The summed E-state index contributed by atoms with van der Waals surface area (Å²) in [5, 5.41) is 0. The predicted octanol–water partition coefficient (Wildman–Crippen LogP) is 1.19. The fourth-order valence-electron chi connectivity index (χ4n) is 1.12. The minimum Gasteiger partial charge on any atom is -0.748 e. The highest BCUT2D eigenvalue weighted by Gasteiger charge is 2.30. The molecular weight excluding hydrogens is 214 g/mol. The van der Waals surface area contributed by atoms with E-state index in [2.05, 4.69) is 34.9 Å². The van der Waals surface area contributed by atoms with Gasteiger partial charge in [-0.3, -0.25) is 0 Å². The fourth-order valence-corrected chi connectivity index (χ4v) is 1.68. The summed E-state index contributed by atoms with van der Waals surface area (Å²) in [5.74, 6) is -0.239. The lowest BCUT2D eigenvalue weighted by molar-refractivity contribution is -0.935. The summed E-state index contributed by atoms with van der Waals surface area (Å²) in [4.78, 5) is 0. The lowest BCUT2D eigenvalue weighted by Crippen LogP contribution is -2.54. The standard InChI is InChI=1S/C10H23NO3S/c1-10(2,3)11(4,5)8-6-7-9-15(12,13)14/h6-9H2,1-5H3. The van der Waals surface area contributed by atoms with Gasteiger partial charge in [-0.15, -0.1) is 0 Å². The van der Waals surface area contributed by atoms with E-state index in [0.29, 0.717) is 6.42 Å². The van der Waals surface area contributed by atoms with Crippen LogP contribution in [0.2, 0.25) is 0 Å². The van der Waals surface area contributed by atoms with Crippen LogP contribution in [-0.2, 0) is 10.1 Å². The third kappa shape index (κ3) is 6.12. The maximum Gasteiger partial charge on any atom is 0.0945 e. The predicted molar refractivity (Wildman–Crippen MR) is 60.5 cm³/mol. The second-order valence-electron chi connectivity index (χ2n) is 5.55.